The fourth-order valence-corrected chi connectivity index (χ4v) is 2.97. The lowest BCUT2D eigenvalue weighted by molar-refractivity contribution is -0.120. The number of halogens is 1. The van der Waals surface area contributed by atoms with Crippen molar-refractivity contribution < 1.29 is 14.0 Å². The second-order valence-corrected chi connectivity index (χ2v) is 6.28. The van der Waals surface area contributed by atoms with E-state index in [-0.39, 0.29) is 12.5 Å². The molecule has 0 bridgehead atoms. The van der Waals surface area contributed by atoms with Gasteiger partial charge >= 0.3 is 0 Å². The van der Waals surface area contributed by atoms with Gasteiger partial charge < -0.3 is 15.2 Å². The summed E-state index contributed by atoms with van der Waals surface area (Å²) in [5, 5.41) is 13.7. The first kappa shape index (κ1) is 18.0. The van der Waals surface area contributed by atoms with Gasteiger partial charge in [0.2, 0.25) is 5.91 Å². The summed E-state index contributed by atoms with van der Waals surface area (Å²) in [6.07, 6.45) is 5.02. The minimum Gasteiger partial charge on any atom is -0.354 e. The van der Waals surface area contributed by atoms with Crippen molar-refractivity contribution in [3.05, 3.63) is 47.3 Å². The van der Waals surface area contributed by atoms with Crippen molar-refractivity contribution in [1.82, 2.24) is 25.4 Å². The molecule has 8 heteroatoms. The van der Waals surface area contributed by atoms with Crippen LogP contribution in [0.1, 0.15) is 41.3 Å². The Kier molecular flexibility index (Phi) is 5.93. The first-order valence-electron chi connectivity index (χ1n) is 8.85. The van der Waals surface area contributed by atoms with Crippen LogP contribution in [0, 0.1) is 5.82 Å². The number of amides is 2. The van der Waals surface area contributed by atoms with Gasteiger partial charge in [0.25, 0.3) is 5.91 Å². The highest BCUT2D eigenvalue weighted by molar-refractivity contribution is 5.96. The van der Waals surface area contributed by atoms with Gasteiger partial charge in [-0.3, -0.25) is 9.59 Å². The third kappa shape index (κ3) is 4.65. The highest BCUT2D eigenvalue weighted by Gasteiger charge is 2.14. The third-order valence-corrected chi connectivity index (χ3v) is 4.37. The quantitative estimate of drug-likeness (QED) is 0.812. The van der Waals surface area contributed by atoms with Gasteiger partial charge in [0, 0.05) is 31.5 Å². The summed E-state index contributed by atoms with van der Waals surface area (Å²) < 4.78 is 15.0. The molecule has 2 amide bonds. The molecule has 1 aromatic carbocycles. The number of rotatable bonds is 6. The zero-order valence-electron chi connectivity index (χ0n) is 14.5. The number of aromatic nitrogens is 3. The summed E-state index contributed by atoms with van der Waals surface area (Å²) in [7, 11) is 0. The van der Waals surface area contributed by atoms with Crippen LogP contribution >= 0.6 is 0 Å². The van der Waals surface area contributed by atoms with E-state index in [9.17, 15) is 14.0 Å². The minimum atomic E-state index is -0.414. The third-order valence-electron chi connectivity index (χ3n) is 4.37. The molecule has 3 rings (SSSR count). The summed E-state index contributed by atoms with van der Waals surface area (Å²) in [5.41, 5.74) is 0.311. The molecular formula is C18H22FN5O2. The van der Waals surface area contributed by atoms with E-state index in [1.54, 1.807) is 0 Å². The zero-order valence-corrected chi connectivity index (χ0v) is 14.5. The van der Waals surface area contributed by atoms with Gasteiger partial charge in [-0.05, 0) is 37.1 Å². The lowest BCUT2D eigenvalue weighted by Crippen LogP contribution is -2.37. The molecule has 1 aliphatic rings. The number of fused-ring (bicyclic) bond motifs is 1. The molecule has 1 aromatic heterocycles. The second-order valence-electron chi connectivity index (χ2n) is 6.28. The van der Waals surface area contributed by atoms with Crippen LogP contribution in [0.4, 0.5) is 4.39 Å². The van der Waals surface area contributed by atoms with Crippen LogP contribution in [-0.4, -0.2) is 39.7 Å². The van der Waals surface area contributed by atoms with Gasteiger partial charge in [-0.1, -0.05) is 6.42 Å². The molecule has 0 atom stereocenters. The van der Waals surface area contributed by atoms with Crippen LogP contribution in [0.3, 0.4) is 0 Å². The Labute approximate surface area is 151 Å². The van der Waals surface area contributed by atoms with Gasteiger partial charge in [-0.2, -0.15) is 0 Å². The summed E-state index contributed by atoms with van der Waals surface area (Å²) in [4.78, 5) is 23.8. The zero-order chi connectivity index (χ0) is 18.4. The molecule has 138 valence electrons. The average Bonchev–Trinajstić information content (AvgIpc) is 2.87. The molecule has 0 unspecified atom stereocenters. The van der Waals surface area contributed by atoms with E-state index < -0.39 is 11.7 Å². The van der Waals surface area contributed by atoms with Gasteiger partial charge in [-0.25, -0.2) is 4.39 Å². The van der Waals surface area contributed by atoms with Crippen molar-refractivity contribution in [2.45, 2.75) is 38.6 Å². The normalized spacial score (nSPS) is 13.6. The number of aryl methyl sites for hydroxylation is 1. The van der Waals surface area contributed by atoms with E-state index in [0.29, 0.717) is 18.5 Å². The summed E-state index contributed by atoms with van der Waals surface area (Å²) in [5.74, 6) is 0.803. The maximum Gasteiger partial charge on any atom is 0.251 e. The summed E-state index contributed by atoms with van der Waals surface area (Å²) in [6, 6.07) is 5.16. The molecule has 0 fully saturated rings. The largest absolute Gasteiger partial charge is 0.354 e. The van der Waals surface area contributed by atoms with Gasteiger partial charge in [0.1, 0.15) is 17.5 Å². The number of hydrogen-bond donors (Lipinski definition) is 2. The highest BCUT2D eigenvalue weighted by atomic mass is 19.1. The van der Waals surface area contributed by atoms with E-state index in [2.05, 4.69) is 25.4 Å². The molecule has 2 N–H and O–H groups in total. The molecule has 0 spiro atoms. The van der Waals surface area contributed by atoms with Gasteiger partial charge in [0.05, 0.1) is 6.54 Å². The Morgan fingerprint density at radius 3 is 2.69 bits per heavy atom. The van der Waals surface area contributed by atoms with Crippen molar-refractivity contribution >= 4 is 11.8 Å². The number of nitrogens with one attached hydrogen (secondary N) is 2. The standard InChI is InChI=1S/C18H22FN5O2/c19-14-7-5-13(6-8-14)18(26)21-12-17(25)20-10-9-16-23-22-15-4-2-1-3-11-24(15)16/h5-8H,1-4,9-12H2,(H,20,25)(H,21,26). The van der Waals surface area contributed by atoms with E-state index in [4.69, 9.17) is 0 Å². The van der Waals surface area contributed by atoms with Crippen molar-refractivity contribution in [3.8, 4) is 0 Å². The Bertz CT molecular complexity index is 772. The topological polar surface area (TPSA) is 88.9 Å². The molecule has 1 aliphatic heterocycles. The molecular weight excluding hydrogens is 337 g/mol. The summed E-state index contributed by atoms with van der Waals surface area (Å²) >= 11 is 0. The molecule has 0 saturated heterocycles. The van der Waals surface area contributed by atoms with E-state index in [1.165, 1.54) is 30.7 Å². The van der Waals surface area contributed by atoms with E-state index in [1.807, 2.05) is 0 Å². The van der Waals surface area contributed by atoms with Crippen LogP contribution in [0.5, 0.6) is 0 Å². The molecule has 7 nitrogen and oxygen atoms in total. The maximum absolute atomic E-state index is 12.8. The van der Waals surface area contributed by atoms with Gasteiger partial charge in [-0.15, -0.1) is 10.2 Å². The minimum absolute atomic E-state index is 0.131. The molecule has 26 heavy (non-hydrogen) atoms. The number of benzene rings is 1. The predicted octanol–water partition coefficient (Wildman–Crippen LogP) is 1.23. The predicted molar refractivity (Wildman–Crippen MR) is 93.0 cm³/mol. The maximum atomic E-state index is 12.8. The van der Waals surface area contributed by atoms with E-state index in [0.717, 1.165) is 37.5 Å². The van der Waals surface area contributed by atoms with Crippen molar-refractivity contribution in [2.75, 3.05) is 13.1 Å². The van der Waals surface area contributed by atoms with Crippen LogP contribution in [0.15, 0.2) is 24.3 Å². The lowest BCUT2D eigenvalue weighted by Gasteiger charge is -2.09. The fraction of sp³-hybridized carbons (Fsp3) is 0.444. The number of carbonyl (C=O) groups excluding carboxylic acids is 2. The first-order valence-corrected chi connectivity index (χ1v) is 8.85. The number of hydrogen-bond acceptors (Lipinski definition) is 4. The smallest absolute Gasteiger partial charge is 0.251 e. The fourth-order valence-electron chi connectivity index (χ4n) is 2.97. The Morgan fingerprint density at radius 2 is 1.88 bits per heavy atom. The first-order chi connectivity index (χ1) is 12.6. The SMILES string of the molecule is O=C(CNC(=O)c1ccc(F)cc1)NCCc1nnc2n1CCCCC2. The van der Waals surface area contributed by atoms with Crippen molar-refractivity contribution in [3.63, 3.8) is 0 Å². The van der Waals surface area contributed by atoms with Crippen LogP contribution in [0.2, 0.25) is 0 Å². The van der Waals surface area contributed by atoms with Crippen molar-refractivity contribution in [2.24, 2.45) is 0 Å². The molecule has 0 aliphatic carbocycles. The molecule has 0 saturated carbocycles. The summed E-state index contributed by atoms with van der Waals surface area (Å²) in [6.45, 7) is 1.23. The van der Waals surface area contributed by atoms with Gasteiger partial charge in [0.15, 0.2) is 0 Å². The van der Waals surface area contributed by atoms with Crippen LogP contribution in [0.25, 0.3) is 0 Å². The van der Waals surface area contributed by atoms with Crippen LogP contribution < -0.4 is 10.6 Å². The average molecular weight is 359 g/mol. The van der Waals surface area contributed by atoms with Crippen molar-refractivity contribution in [1.29, 1.82) is 0 Å². The second kappa shape index (κ2) is 8.55. The Morgan fingerprint density at radius 1 is 1.08 bits per heavy atom. The van der Waals surface area contributed by atoms with Crippen LogP contribution in [-0.2, 0) is 24.2 Å². The Hall–Kier alpha value is -2.77. The number of carbonyl (C=O) groups is 2. The number of nitrogens with zero attached hydrogens (tertiary/aromatic N) is 3. The van der Waals surface area contributed by atoms with E-state index >= 15 is 0 Å². The highest BCUT2D eigenvalue weighted by Crippen LogP contribution is 2.14. The monoisotopic (exact) mass is 359 g/mol. The Balaban J connectivity index is 1.41. The molecule has 0 radical (unpaired) electrons. The molecule has 2 aromatic rings. The molecule has 2 heterocycles. The lowest BCUT2D eigenvalue weighted by atomic mass is 10.2.